The van der Waals surface area contributed by atoms with Gasteiger partial charge in [0.05, 0.1) is 23.1 Å². The fourth-order valence-electron chi connectivity index (χ4n) is 6.77. The monoisotopic (exact) mass is 613 g/mol. The zero-order valence-electron chi connectivity index (χ0n) is 23.1. The van der Waals surface area contributed by atoms with Gasteiger partial charge in [-0.1, -0.05) is 23.4 Å². The van der Waals surface area contributed by atoms with Crippen LogP contribution in [0.5, 0.6) is 5.75 Å². The minimum atomic E-state index is -4.85. The van der Waals surface area contributed by atoms with E-state index in [1.165, 1.54) is 18.2 Å². The highest BCUT2D eigenvalue weighted by atomic mass is 32.2. The van der Waals surface area contributed by atoms with Gasteiger partial charge in [-0.3, -0.25) is 4.98 Å². The quantitative estimate of drug-likeness (QED) is 0.224. The minimum Gasteiger partial charge on any atom is -0.405 e. The summed E-state index contributed by atoms with van der Waals surface area (Å²) in [5.74, 6) is 0.682. The Hall–Kier alpha value is -3.48. The molecule has 3 saturated carbocycles. The van der Waals surface area contributed by atoms with Crippen molar-refractivity contribution in [3.63, 3.8) is 0 Å². The summed E-state index contributed by atoms with van der Waals surface area (Å²) in [6.45, 7) is 0.133. The Morgan fingerprint density at radius 1 is 0.953 bits per heavy atom. The number of sulfonamides is 1. The van der Waals surface area contributed by atoms with Gasteiger partial charge in [0.25, 0.3) is 0 Å². The first-order valence-corrected chi connectivity index (χ1v) is 16.0. The molecule has 226 valence electrons. The van der Waals surface area contributed by atoms with Crippen LogP contribution in [0.4, 0.5) is 13.2 Å². The second-order valence-electron chi connectivity index (χ2n) is 11.7. The standard InChI is InChI=1S/C31H30F3N3O5S/c32-31(33,34)41-26-8-2-1-5-23(26)29-24(30(42-36-29)18-10-11-18)17-40-21-15-19-12-13-20(16-21)28(19)37-43(38,39)27-9-3-7-25-22(27)6-4-14-35-25/h1-9,14,18-21,28,37H,10-13,15-17H2. The third kappa shape index (κ3) is 5.75. The molecule has 0 aliphatic heterocycles. The van der Waals surface area contributed by atoms with E-state index in [1.807, 2.05) is 0 Å². The zero-order chi connectivity index (χ0) is 29.8. The topological polar surface area (TPSA) is 104 Å². The molecule has 1 N–H and O–H groups in total. The lowest BCUT2D eigenvalue weighted by atomic mass is 9.83. The maximum absolute atomic E-state index is 13.5. The second-order valence-corrected chi connectivity index (χ2v) is 13.3. The Labute approximate surface area is 246 Å². The molecule has 2 aromatic heterocycles. The van der Waals surface area contributed by atoms with Gasteiger partial charge >= 0.3 is 6.36 Å². The van der Waals surface area contributed by atoms with E-state index in [4.69, 9.17) is 9.26 Å². The molecular weight excluding hydrogens is 583 g/mol. The summed E-state index contributed by atoms with van der Waals surface area (Å²) in [4.78, 5) is 4.51. The first-order chi connectivity index (χ1) is 20.7. The zero-order valence-corrected chi connectivity index (χ0v) is 23.9. The van der Waals surface area contributed by atoms with Crippen molar-refractivity contribution in [3.8, 4) is 17.0 Å². The first kappa shape index (κ1) is 28.3. The molecule has 2 aromatic carbocycles. The van der Waals surface area contributed by atoms with Crippen LogP contribution in [0.15, 0.2) is 70.2 Å². The highest BCUT2D eigenvalue weighted by Gasteiger charge is 2.45. The van der Waals surface area contributed by atoms with Crippen molar-refractivity contribution in [3.05, 3.63) is 72.1 Å². The van der Waals surface area contributed by atoms with E-state index in [9.17, 15) is 21.6 Å². The largest absolute Gasteiger partial charge is 0.573 e. The van der Waals surface area contributed by atoms with Gasteiger partial charge in [-0.15, -0.1) is 13.2 Å². The highest BCUT2D eigenvalue weighted by Crippen LogP contribution is 2.47. The van der Waals surface area contributed by atoms with Gasteiger partial charge in [-0.2, -0.15) is 0 Å². The summed E-state index contributed by atoms with van der Waals surface area (Å²) in [7, 11) is -3.78. The second kappa shape index (κ2) is 10.9. The summed E-state index contributed by atoms with van der Waals surface area (Å²) in [6, 6.07) is 14.3. The van der Waals surface area contributed by atoms with Gasteiger partial charge in [0.15, 0.2) is 0 Å². The number of hydrogen-bond acceptors (Lipinski definition) is 7. The van der Waals surface area contributed by atoms with E-state index in [2.05, 4.69) is 19.6 Å². The molecule has 2 unspecified atom stereocenters. The van der Waals surface area contributed by atoms with E-state index < -0.39 is 16.4 Å². The van der Waals surface area contributed by atoms with Crippen LogP contribution in [0.2, 0.25) is 0 Å². The molecule has 43 heavy (non-hydrogen) atoms. The number of nitrogens with zero attached hydrogens (tertiary/aromatic N) is 2. The van der Waals surface area contributed by atoms with E-state index in [0.29, 0.717) is 35.1 Å². The molecule has 7 rings (SSSR count). The molecule has 4 aromatic rings. The Morgan fingerprint density at radius 3 is 2.47 bits per heavy atom. The SMILES string of the molecule is O=S(=O)(NC1C2CCC1CC(OCc1c(-c3ccccc3OC(F)(F)F)noc1C1CC1)C2)c1cccc2ncccc12. The predicted molar refractivity (Wildman–Crippen MR) is 150 cm³/mol. The fourth-order valence-corrected chi connectivity index (χ4v) is 8.36. The van der Waals surface area contributed by atoms with Crippen LogP contribution in [0.3, 0.4) is 0 Å². The number of fused-ring (bicyclic) bond motifs is 3. The van der Waals surface area contributed by atoms with Crippen molar-refractivity contribution in [2.45, 2.75) is 74.5 Å². The molecule has 2 atom stereocenters. The number of rotatable bonds is 9. The number of pyridine rings is 1. The van der Waals surface area contributed by atoms with E-state index >= 15 is 0 Å². The number of ether oxygens (including phenoxy) is 2. The fraction of sp³-hybridized carbons (Fsp3) is 0.419. The highest BCUT2D eigenvalue weighted by molar-refractivity contribution is 7.89. The number of halogens is 3. The maximum Gasteiger partial charge on any atom is 0.573 e. The van der Waals surface area contributed by atoms with Crippen molar-refractivity contribution in [1.29, 1.82) is 0 Å². The average molecular weight is 614 g/mol. The number of nitrogens with one attached hydrogen (secondary N) is 1. The van der Waals surface area contributed by atoms with Crippen LogP contribution in [0.25, 0.3) is 22.2 Å². The summed E-state index contributed by atoms with van der Waals surface area (Å²) in [5.41, 5.74) is 1.74. The van der Waals surface area contributed by atoms with Crippen molar-refractivity contribution in [1.82, 2.24) is 14.9 Å². The summed E-state index contributed by atoms with van der Waals surface area (Å²) >= 11 is 0. The Morgan fingerprint density at radius 2 is 1.72 bits per heavy atom. The maximum atomic E-state index is 13.5. The number of alkyl halides is 3. The van der Waals surface area contributed by atoms with Crippen molar-refractivity contribution >= 4 is 20.9 Å². The van der Waals surface area contributed by atoms with Crippen molar-refractivity contribution < 1.29 is 35.6 Å². The van der Waals surface area contributed by atoms with Crippen molar-refractivity contribution in [2.75, 3.05) is 0 Å². The van der Waals surface area contributed by atoms with Gasteiger partial charge in [0.1, 0.15) is 17.2 Å². The molecule has 12 heteroatoms. The molecule has 3 aliphatic carbocycles. The molecule has 0 spiro atoms. The van der Waals surface area contributed by atoms with Crippen LogP contribution in [-0.2, 0) is 21.4 Å². The molecule has 2 heterocycles. The van der Waals surface area contributed by atoms with E-state index in [1.54, 1.807) is 42.6 Å². The normalized spacial score (nSPS) is 24.0. The lowest BCUT2D eigenvalue weighted by Gasteiger charge is -2.35. The van der Waals surface area contributed by atoms with E-state index in [-0.39, 0.29) is 58.4 Å². The smallest absolute Gasteiger partial charge is 0.405 e. The lowest BCUT2D eigenvalue weighted by molar-refractivity contribution is -0.274. The van der Waals surface area contributed by atoms with Crippen LogP contribution in [0.1, 0.15) is 55.8 Å². The molecule has 0 radical (unpaired) electrons. The first-order valence-electron chi connectivity index (χ1n) is 14.5. The predicted octanol–water partition coefficient (Wildman–Crippen LogP) is 6.72. The summed E-state index contributed by atoms with van der Waals surface area (Å²) < 4.78 is 85.7. The van der Waals surface area contributed by atoms with Gasteiger partial charge in [-0.05, 0) is 86.8 Å². The van der Waals surface area contributed by atoms with Crippen molar-refractivity contribution in [2.24, 2.45) is 11.8 Å². The van der Waals surface area contributed by atoms with Crippen LogP contribution in [-0.4, -0.2) is 37.1 Å². The van der Waals surface area contributed by atoms with E-state index in [0.717, 1.165) is 25.7 Å². The van der Waals surface area contributed by atoms with Gasteiger partial charge < -0.3 is 14.0 Å². The number of hydrogen-bond donors (Lipinski definition) is 1. The third-order valence-corrected chi connectivity index (χ3v) is 10.4. The summed E-state index contributed by atoms with van der Waals surface area (Å²) in [5, 5.41) is 4.75. The minimum absolute atomic E-state index is 0.109. The molecule has 0 saturated heterocycles. The molecule has 0 amide bonds. The van der Waals surface area contributed by atoms with Crippen LogP contribution >= 0.6 is 0 Å². The molecule has 3 fully saturated rings. The van der Waals surface area contributed by atoms with Gasteiger partial charge in [0, 0.05) is 34.7 Å². The third-order valence-electron chi connectivity index (χ3n) is 8.84. The number of para-hydroxylation sites is 1. The Balaban J connectivity index is 1.07. The Bertz CT molecular complexity index is 1740. The number of benzene rings is 2. The average Bonchev–Trinajstić information content (AvgIpc) is 3.69. The molecular formula is C31H30F3N3O5S. The molecule has 8 nitrogen and oxygen atoms in total. The lowest BCUT2D eigenvalue weighted by Crippen LogP contribution is -2.46. The Kier molecular flexibility index (Phi) is 7.18. The van der Waals surface area contributed by atoms with Gasteiger partial charge in [-0.25, -0.2) is 13.1 Å². The van der Waals surface area contributed by atoms with Gasteiger partial charge in [0.2, 0.25) is 10.0 Å². The summed E-state index contributed by atoms with van der Waals surface area (Å²) in [6.07, 6.45) is 1.64. The molecule has 2 bridgehead atoms. The number of aromatic nitrogens is 2. The van der Waals surface area contributed by atoms with Crippen LogP contribution < -0.4 is 9.46 Å². The van der Waals surface area contributed by atoms with Crippen LogP contribution in [0, 0.1) is 11.8 Å². The molecule has 3 aliphatic rings.